The molecule has 1 fully saturated rings. The molecule has 168 valence electrons. The van der Waals surface area contributed by atoms with Crippen LogP contribution in [0.1, 0.15) is 16.7 Å². The number of anilines is 2. The van der Waals surface area contributed by atoms with Gasteiger partial charge in [0.25, 0.3) is 10.8 Å². The number of sulfone groups is 1. The van der Waals surface area contributed by atoms with E-state index in [0.29, 0.717) is 5.69 Å². The number of carbonyl (C=O) groups is 2. The molecule has 1 spiro atoms. The molecule has 0 radical (unpaired) electrons. The van der Waals surface area contributed by atoms with Crippen LogP contribution in [0.3, 0.4) is 0 Å². The van der Waals surface area contributed by atoms with E-state index in [1.807, 2.05) is 13.0 Å². The van der Waals surface area contributed by atoms with Crippen LogP contribution in [0.25, 0.3) is 0 Å². The van der Waals surface area contributed by atoms with Gasteiger partial charge in [0.15, 0.2) is 9.84 Å². The standard InChI is InChI=1S/C24H18ClFN2O4S/c1-15-6-4-7-16(12-15)28-22(29)14-33(31,32)24(28)18-8-2-3-11-21(18)27(23(24)30)13-17-19(25)9-5-10-20(17)26/h2-12H,13-14H2,1H3/t24-/m1/s1. The number of halogens is 2. The Labute approximate surface area is 195 Å². The Bertz CT molecular complexity index is 1420. The molecule has 0 saturated carbocycles. The van der Waals surface area contributed by atoms with Crippen molar-refractivity contribution in [3.8, 4) is 0 Å². The minimum atomic E-state index is -4.30. The quantitative estimate of drug-likeness (QED) is 0.564. The van der Waals surface area contributed by atoms with Gasteiger partial charge in [-0.3, -0.25) is 14.5 Å². The first-order chi connectivity index (χ1) is 15.7. The largest absolute Gasteiger partial charge is 0.304 e. The van der Waals surface area contributed by atoms with Crippen molar-refractivity contribution >= 4 is 44.6 Å². The summed E-state index contributed by atoms with van der Waals surface area (Å²) in [5, 5.41) is 0.113. The van der Waals surface area contributed by atoms with Crippen molar-refractivity contribution in [3.63, 3.8) is 0 Å². The lowest BCUT2D eigenvalue weighted by Gasteiger charge is -2.32. The fraction of sp³-hybridized carbons (Fsp3) is 0.167. The smallest absolute Gasteiger partial charge is 0.274 e. The summed E-state index contributed by atoms with van der Waals surface area (Å²) >= 11 is 6.19. The summed E-state index contributed by atoms with van der Waals surface area (Å²) in [5.41, 5.74) is 1.61. The molecule has 9 heteroatoms. The van der Waals surface area contributed by atoms with Gasteiger partial charge in [0, 0.05) is 21.8 Å². The van der Waals surface area contributed by atoms with Gasteiger partial charge >= 0.3 is 0 Å². The van der Waals surface area contributed by atoms with Gasteiger partial charge in [-0.05, 0) is 42.8 Å². The molecule has 33 heavy (non-hydrogen) atoms. The number of hydrogen-bond donors (Lipinski definition) is 0. The van der Waals surface area contributed by atoms with Crippen molar-refractivity contribution in [3.05, 3.63) is 94.3 Å². The van der Waals surface area contributed by atoms with Crippen molar-refractivity contribution in [2.45, 2.75) is 18.3 Å². The molecule has 0 bridgehead atoms. The van der Waals surface area contributed by atoms with Gasteiger partial charge in [-0.1, -0.05) is 48.0 Å². The monoisotopic (exact) mass is 484 g/mol. The van der Waals surface area contributed by atoms with Crippen LogP contribution in [0.15, 0.2) is 66.7 Å². The molecule has 2 aliphatic rings. The lowest BCUT2D eigenvalue weighted by Crippen LogP contribution is -2.54. The third-order valence-electron chi connectivity index (χ3n) is 6.06. The number of para-hydroxylation sites is 1. The molecule has 0 aliphatic carbocycles. The van der Waals surface area contributed by atoms with Crippen LogP contribution < -0.4 is 9.80 Å². The van der Waals surface area contributed by atoms with E-state index in [9.17, 15) is 22.4 Å². The van der Waals surface area contributed by atoms with Gasteiger partial charge in [0.2, 0.25) is 5.91 Å². The summed E-state index contributed by atoms with van der Waals surface area (Å²) in [6, 6.07) is 17.3. The van der Waals surface area contributed by atoms with Crippen molar-refractivity contribution in [2.75, 3.05) is 15.6 Å². The highest BCUT2D eigenvalue weighted by atomic mass is 35.5. The average molecular weight is 485 g/mol. The average Bonchev–Trinajstić information content (AvgIpc) is 3.13. The zero-order chi connectivity index (χ0) is 23.5. The molecular formula is C24H18ClFN2O4S. The van der Waals surface area contributed by atoms with E-state index in [4.69, 9.17) is 11.6 Å². The minimum Gasteiger partial charge on any atom is -0.304 e. The number of benzene rings is 3. The number of rotatable bonds is 3. The third kappa shape index (κ3) is 2.94. The Morgan fingerprint density at radius 1 is 1.03 bits per heavy atom. The Morgan fingerprint density at radius 2 is 1.76 bits per heavy atom. The molecule has 5 rings (SSSR count). The maximum absolute atomic E-state index is 14.6. The third-order valence-corrected chi connectivity index (χ3v) is 8.52. The lowest BCUT2D eigenvalue weighted by molar-refractivity contribution is -0.123. The summed E-state index contributed by atoms with van der Waals surface area (Å²) in [7, 11) is -4.30. The van der Waals surface area contributed by atoms with E-state index >= 15 is 0 Å². The van der Waals surface area contributed by atoms with Crippen LogP contribution in [0.4, 0.5) is 15.8 Å². The number of carbonyl (C=O) groups excluding carboxylic acids is 2. The highest BCUT2D eigenvalue weighted by Crippen LogP contribution is 2.53. The van der Waals surface area contributed by atoms with Gasteiger partial charge in [-0.15, -0.1) is 0 Å². The number of aryl methyl sites for hydroxylation is 1. The van der Waals surface area contributed by atoms with Crippen molar-refractivity contribution in [1.82, 2.24) is 0 Å². The predicted octanol–water partition coefficient (Wildman–Crippen LogP) is 3.95. The molecule has 2 amide bonds. The molecule has 2 aliphatic heterocycles. The summed E-state index contributed by atoms with van der Waals surface area (Å²) < 4.78 is 41.7. The highest BCUT2D eigenvalue weighted by molar-refractivity contribution is 7.94. The number of fused-ring (bicyclic) bond motifs is 2. The molecule has 3 aromatic rings. The molecule has 1 atom stereocenters. The van der Waals surface area contributed by atoms with E-state index in [2.05, 4.69) is 0 Å². The number of amides is 2. The molecule has 0 N–H and O–H groups in total. The van der Waals surface area contributed by atoms with Crippen LogP contribution in [0, 0.1) is 12.7 Å². The molecular weight excluding hydrogens is 467 g/mol. The molecule has 0 unspecified atom stereocenters. The second-order valence-corrected chi connectivity index (χ2v) is 10.6. The van der Waals surface area contributed by atoms with Gasteiger partial charge in [0.1, 0.15) is 11.6 Å². The summed E-state index contributed by atoms with van der Waals surface area (Å²) in [4.78, 5) is 27.1. The van der Waals surface area contributed by atoms with E-state index in [1.165, 1.54) is 29.2 Å². The molecule has 2 heterocycles. The highest BCUT2D eigenvalue weighted by Gasteiger charge is 2.69. The first-order valence-corrected chi connectivity index (χ1v) is 12.2. The number of nitrogens with zero attached hydrogens (tertiary/aromatic N) is 2. The maximum atomic E-state index is 14.6. The summed E-state index contributed by atoms with van der Waals surface area (Å²) in [6.45, 7) is 1.52. The molecule has 0 aromatic heterocycles. The first-order valence-electron chi connectivity index (χ1n) is 10.1. The SMILES string of the molecule is Cc1cccc(N2C(=O)CS(=O)(=O)[C@]23C(=O)N(Cc2c(F)cccc2Cl)c2ccccc23)c1. The van der Waals surface area contributed by atoms with Crippen LogP contribution in [0.2, 0.25) is 5.02 Å². The lowest BCUT2D eigenvalue weighted by atomic mass is 10.0. The van der Waals surface area contributed by atoms with E-state index in [1.54, 1.807) is 36.4 Å². The fourth-order valence-corrected chi connectivity index (χ4v) is 6.91. The first kappa shape index (κ1) is 21.6. The van der Waals surface area contributed by atoms with Gasteiger partial charge in [-0.2, -0.15) is 0 Å². The zero-order valence-corrected chi connectivity index (χ0v) is 19.0. The molecule has 3 aromatic carbocycles. The van der Waals surface area contributed by atoms with E-state index in [0.717, 1.165) is 10.5 Å². The zero-order valence-electron chi connectivity index (χ0n) is 17.5. The van der Waals surface area contributed by atoms with Crippen LogP contribution in [-0.2, 0) is 30.8 Å². The van der Waals surface area contributed by atoms with Crippen molar-refractivity contribution in [1.29, 1.82) is 0 Å². The Morgan fingerprint density at radius 3 is 2.48 bits per heavy atom. The normalized spacial score (nSPS) is 21.2. The minimum absolute atomic E-state index is 0.0585. The molecule has 1 saturated heterocycles. The second-order valence-electron chi connectivity index (χ2n) is 8.08. The second kappa shape index (κ2) is 7.40. The number of hydrogen-bond acceptors (Lipinski definition) is 4. The van der Waals surface area contributed by atoms with Crippen LogP contribution in [-0.4, -0.2) is 26.0 Å². The summed E-state index contributed by atoms with van der Waals surface area (Å²) in [5.74, 6) is -2.96. The van der Waals surface area contributed by atoms with E-state index in [-0.39, 0.29) is 28.4 Å². The van der Waals surface area contributed by atoms with Gasteiger partial charge < -0.3 is 4.90 Å². The Kier molecular flexibility index (Phi) is 4.84. The predicted molar refractivity (Wildman–Crippen MR) is 123 cm³/mol. The summed E-state index contributed by atoms with van der Waals surface area (Å²) in [6.07, 6.45) is 0. The van der Waals surface area contributed by atoms with Crippen LogP contribution in [0.5, 0.6) is 0 Å². The Hall–Kier alpha value is -3.23. The van der Waals surface area contributed by atoms with Crippen molar-refractivity contribution < 1.29 is 22.4 Å². The molecule has 6 nitrogen and oxygen atoms in total. The van der Waals surface area contributed by atoms with Crippen molar-refractivity contribution in [2.24, 2.45) is 0 Å². The Balaban J connectivity index is 1.76. The maximum Gasteiger partial charge on any atom is 0.274 e. The van der Waals surface area contributed by atoms with E-state index < -0.39 is 38.1 Å². The fourth-order valence-electron chi connectivity index (χ4n) is 4.66. The van der Waals surface area contributed by atoms with Gasteiger partial charge in [0.05, 0.1) is 12.2 Å². The van der Waals surface area contributed by atoms with Gasteiger partial charge in [-0.25, -0.2) is 12.8 Å². The topological polar surface area (TPSA) is 74.8 Å². The van der Waals surface area contributed by atoms with Crippen LogP contribution >= 0.6 is 11.6 Å².